The summed E-state index contributed by atoms with van der Waals surface area (Å²) in [5.74, 6) is 6.62. The number of rotatable bonds is 4. The van der Waals surface area contributed by atoms with Crippen LogP contribution in [-0.4, -0.2) is 72.9 Å². The Kier molecular flexibility index (Phi) is 6.01. The van der Waals surface area contributed by atoms with Gasteiger partial charge in [0.25, 0.3) is 5.91 Å². The zero-order chi connectivity index (χ0) is 21.1. The monoisotopic (exact) mass is 409 g/mol. The van der Waals surface area contributed by atoms with Crippen LogP contribution in [0.3, 0.4) is 0 Å². The second kappa shape index (κ2) is 8.69. The average molecular weight is 410 g/mol. The predicted octanol–water partition coefficient (Wildman–Crippen LogP) is 1.99. The normalized spacial score (nSPS) is 22.9. The summed E-state index contributed by atoms with van der Waals surface area (Å²) in [4.78, 5) is 31.3. The maximum atomic E-state index is 13.1. The molecule has 2 amide bonds. The fraction of sp³-hybridized carbons (Fsp3) is 0.583. The van der Waals surface area contributed by atoms with Gasteiger partial charge in [-0.1, -0.05) is 24.1 Å². The van der Waals surface area contributed by atoms with Crippen LogP contribution in [0, 0.1) is 23.2 Å². The Bertz CT molecular complexity index is 856. The van der Waals surface area contributed by atoms with Gasteiger partial charge in [-0.25, -0.2) is 0 Å². The molecular formula is C24H31N3O3. The molecule has 0 bridgehead atoms. The van der Waals surface area contributed by atoms with Gasteiger partial charge in [0.15, 0.2) is 0 Å². The first-order valence-corrected chi connectivity index (χ1v) is 10.9. The summed E-state index contributed by atoms with van der Waals surface area (Å²) < 4.78 is 5.46. The van der Waals surface area contributed by atoms with Crippen LogP contribution in [0.5, 0.6) is 5.75 Å². The third kappa shape index (κ3) is 4.17. The molecule has 1 aromatic rings. The minimum atomic E-state index is -0.0814. The quantitative estimate of drug-likeness (QED) is 0.714. The molecule has 1 aliphatic carbocycles. The summed E-state index contributed by atoms with van der Waals surface area (Å²) >= 11 is 0. The van der Waals surface area contributed by atoms with Gasteiger partial charge in [0.1, 0.15) is 5.75 Å². The average Bonchev–Trinajstić information content (AvgIpc) is 3.47. The van der Waals surface area contributed by atoms with E-state index in [2.05, 4.69) is 27.7 Å². The molecule has 1 spiro atoms. The Morgan fingerprint density at radius 2 is 1.77 bits per heavy atom. The highest BCUT2D eigenvalue weighted by Gasteiger charge is 2.59. The van der Waals surface area contributed by atoms with Crippen molar-refractivity contribution >= 4 is 11.8 Å². The van der Waals surface area contributed by atoms with Crippen molar-refractivity contribution in [2.24, 2.45) is 11.3 Å². The standard InChI is InChI=1S/C24H31N3O3/c1-3-6-22(28)26-11-9-24(10-12-26)17-20(24)23(29)27-15-13-25(14-16-27)18-19-7-4-5-8-21(19)30-2/h4-5,7-8,20H,9-18H2,1-2H3/t20-/m1/s1. The number of hydrogen-bond donors (Lipinski definition) is 0. The maximum Gasteiger partial charge on any atom is 0.298 e. The molecule has 30 heavy (non-hydrogen) atoms. The lowest BCUT2D eigenvalue weighted by molar-refractivity contribution is -0.135. The molecule has 2 aliphatic heterocycles. The number of amides is 2. The van der Waals surface area contributed by atoms with E-state index in [1.165, 1.54) is 5.56 Å². The second-order valence-electron chi connectivity index (χ2n) is 8.70. The van der Waals surface area contributed by atoms with E-state index < -0.39 is 0 Å². The van der Waals surface area contributed by atoms with Crippen LogP contribution < -0.4 is 4.74 Å². The molecule has 160 valence electrons. The molecule has 4 rings (SSSR count). The Morgan fingerprint density at radius 3 is 2.43 bits per heavy atom. The molecule has 1 saturated carbocycles. The molecule has 1 atom stereocenters. The number of hydrogen-bond acceptors (Lipinski definition) is 4. The number of benzene rings is 1. The number of ether oxygens (including phenoxy) is 1. The van der Waals surface area contributed by atoms with E-state index in [0.717, 1.165) is 70.8 Å². The summed E-state index contributed by atoms with van der Waals surface area (Å²) in [6.45, 7) is 7.35. The van der Waals surface area contributed by atoms with E-state index in [1.54, 1.807) is 14.0 Å². The van der Waals surface area contributed by atoms with Crippen LogP contribution in [0.1, 0.15) is 31.7 Å². The van der Waals surface area contributed by atoms with Crippen LogP contribution in [0.2, 0.25) is 0 Å². The van der Waals surface area contributed by atoms with Crippen molar-refractivity contribution in [1.29, 1.82) is 0 Å². The number of piperidine rings is 1. The van der Waals surface area contributed by atoms with E-state index in [0.29, 0.717) is 5.91 Å². The molecule has 3 fully saturated rings. The number of carbonyl (C=O) groups excluding carboxylic acids is 2. The van der Waals surface area contributed by atoms with Crippen molar-refractivity contribution < 1.29 is 14.3 Å². The van der Waals surface area contributed by atoms with Gasteiger partial charge in [-0.15, -0.1) is 0 Å². The van der Waals surface area contributed by atoms with Crippen LogP contribution in [0.25, 0.3) is 0 Å². The Labute approximate surface area is 179 Å². The van der Waals surface area contributed by atoms with Crippen molar-refractivity contribution in [3.05, 3.63) is 29.8 Å². The first-order valence-electron chi connectivity index (χ1n) is 10.9. The van der Waals surface area contributed by atoms with Gasteiger partial charge in [-0.2, -0.15) is 0 Å². The van der Waals surface area contributed by atoms with E-state index in [9.17, 15) is 9.59 Å². The summed E-state index contributed by atoms with van der Waals surface area (Å²) in [5, 5.41) is 0. The lowest BCUT2D eigenvalue weighted by atomic mass is 9.90. The van der Waals surface area contributed by atoms with E-state index >= 15 is 0 Å². The SMILES string of the molecule is CC#CC(=O)N1CCC2(CC1)C[C@@H]2C(=O)N1CCN(Cc2ccccc2OC)CC1. The van der Waals surface area contributed by atoms with Crippen LogP contribution in [0.15, 0.2) is 24.3 Å². The highest BCUT2D eigenvalue weighted by atomic mass is 16.5. The summed E-state index contributed by atoms with van der Waals surface area (Å²) in [6, 6.07) is 8.13. The van der Waals surface area contributed by atoms with Crippen LogP contribution in [0.4, 0.5) is 0 Å². The van der Waals surface area contributed by atoms with Crippen LogP contribution >= 0.6 is 0 Å². The Balaban J connectivity index is 1.26. The zero-order valence-electron chi connectivity index (χ0n) is 18.0. The molecule has 3 aliphatic rings. The third-order valence-corrected chi connectivity index (χ3v) is 7.04. The highest BCUT2D eigenvalue weighted by Crippen LogP contribution is 2.60. The smallest absolute Gasteiger partial charge is 0.298 e. The topological polar surface area (TPSA) is 53.1 Å². The van der Waals surface area contributed by atoms with Gasteiger partial charge in [0, 0.05) is 57.3 Å². The minimum absolute atomic E-state index is 0.0814. The molecule has 0 radical (unpaired) electrons. The predicted molar refractivity (Wildman–Crippen MR) is 115 cm³/mol. The molecule has 2 heterocycles. The van der Waals surface area contributed by atoms with Gasteiger partial charge in [-0.05, 0) is 43.6 Å². The van der Waals surface area contributed by atoms with E-state index in [-0.39, 0.29) is 17.2 Å². The molecule has 6 heteroatoms. The lowest BCUT2D eigenvalue weighted by Gasteiger charge is -2.36. The Morgan fingerprint density at radius 1 is 1.07 bits per heavy atom. The molecule has 0 N–H and O–H groups in total. The minimum Gasteiger partial charge on any atom is -0.496 e. The van der Waals surface area contributed by atoms with E-state index in [1.807, 2.05) is 23.1 Å². The van der Waals surface area contributed by atoms with Crippen molar-refractivity contribution in [2.45, 2.75) is 32.7 Å². The molecule has 0 unspecified atom stereocenters. The number of methoxy groups -OCH3 is 1. The number of carbonyl (C=O) groups is 2. The van der Waals surface area contributed by atoms with Crippen molar-refractivity contribution in [3.8, 4) is 17.6 Å². The number of nitrogens with zero attached hydrogens (tertiary/aromatic N) is 3. The third-order valence-electron chi connectivity index (χ3n) is 7.04. The molecule has 1 aromatic carbocycles. The molecule has 2 saturated heterocycles. The molecular weight excluding hydrogens is 378 g/mol. The summed E-state index contributed by atoms with van der Waals surface area (Å²) in [6.07, 6.45) is 2.83. The summed E-state index contributed by atoms with van der Waals surface area (Å²) in [5.41, 5.74) is 1.32. The largest absolute Gasteiger partial charge is 0.496 e. The van der Waals surface area contributed by atoms with Gasteiger partial charge >= 0.3 is 0 Å². The molecule has 0 aromatic heterocycles. The second-order valence-corrected chi connectivity index (χ2v) is 8.70. The lowest BCUT2D eigenvalue weighted by Crippen LogP contribution is -2.49. The number of likely N-dealkylation sites (tertiary alicyclic amines) is 1. The fourth-order valence-electron chi connectivity index (χ4n) is 5.01. The van der Waals surface area contributed by atoms with Gasteiger partial charge in [-0.3, -0.25) is 14.5 Å². The Hall–Kier alpha value is -2.52. The van der Waals surface area contributed by atoms with Gasteiger partial charge in [0.05, 0.1) is 7.11 Å². The van der Waals surface area contributed by atoms with Gasteiger partial charge in [0.2, 0.25) is 5.91 Å². The zero-order valence-corrected chi connectivity index (χ0v) is 18.0. The fourth-order valence-corrected chi connectivity index (χ4v) is 5.01. The number of para-hydroxylation sites is 1. The highest BCUT2D eigenvalue weighted by molar-refractivity contribution is 5.93. The van der Waals surface area contributed by atoms with Crippen molar-refractivity contribution in [1.82, 2.24) is 14.7 Å². The van der Waals surface area contributed by atoms with Crippen LogP contribution in [-0.2, 0) is 16.1 Å². The van der Waals surface area contributed by atoms with Crippen molar-refractivity contribution in [2.75, 3.05) is 46.4 Å². The first kappa shape index (κ1) is 20.7. The number of piperazine rings is 1. The van der Waals surface area contributed by atoms with Crippen molar-refractivity contribution in [3.63, 3.8) is 0 Å². The maximum absolute atomic E-state index is 13.1. The summed E-state index contributed by atoms with van der Waals surface area (Å²) in [7, 11) is 1.71. The van der Waals surface area contributed by atoms with Gasteiger partial charge < -0.3 is 14.5 Å². The first-order chi connectivity index (χ1) is 14.6. The molecule has 6 nitrogen and oxygen atoms in total. The van der Waals surface area contributed by atoms with E-state index in [4.69, 9.17) is 4.74 Å².